The molecule has 2 heterocycles. The first-order chi connectivity index (χ1) is 10.5. The Balaban J connectivity index is 1.86. The molecule has 7 nitrogen and oxygen atoms in total. The van der Waals surface area contributed by atoms with Gasteiger partial charge in [0.1, 0.15) is 17.8 Å². The molecule has 0 aliphatic rings. The Morgan fingerprint density at radius 2 is 2.18 bits per heavy atom. The van der Waals surface area contributed by atoms with E-state index in [4.69, 9.17) is 11.6 Å². The molecule has 0 spiro atoms. The molecule has 3 rings (SSSR count). The van der Waals surface area contributed by atoms with Crippen molar-refractivity contribution in [2.45, 2.75) is 11.7 Å². The van der Waals surface area contributed by atoms with Crippen LogP contribution in [0.1, 0.15) is 5.69 Å². The van der Waals surface area contributed by atoms with Crippen molar-refractivity contribution in [1.29, 1.82) is 0 Å². The number of hydrogen-bond donors (Lipinski definition) is 0. The molecule has 0 bridgehead atoms. The van der Waals surface area contributed by atoms with Crippen LogP contribution in [0.3, 0.4) is 0 Å². The van der Waals surface area contributed by atoms with E-state index in [-0.39, 0.29) is 5.02 Å². The monoisotopic (exact) mass is 340 g/mol. The molecule has 22 heavy (non-hydrogen) atoms. The van der Waals surface area contributed by atoms with Gasteiger partial charge < -0.3 is 4.57 Å². The summed E-state index contributed by atoms with van der Waals surface area (Å²) in [6.07, 6.45) is 4.67. The van der Waals surface area contributed by atoms with E-state index in [0.29, 0.717) is 23.1 Å². The van der Waals surface area contributed by atoms with Crippen molar-refractivity contribution in [2.24, 2.45) is 0 Å². The fourth-order valence-electron chi connectivity index (χ4n) is 1.87. The lowest BCUT2D eigenvalue weighted by Crippen LogP contribution is -2.05. The lowest BCUT2D eigenvalue weighted by molar-refractivity contribution is 0.627. The van der Waals surface area contributed by atoms with Crippen LogP contribution in [-0.2, 0) is 17.3 Å². The largest absolute Gasteiger partial charge is 0.300 e. The molecule has 0 amide bonds. The molecule has 1 aromatic carbocycles. The van der Waals surface area contributed by atoms with E-state index in [1.165, 1.54) is 29.4 Å². The molecule has 0 radical (unpaired) electrons. The van der Waals surface area contributed by atoms with E-state index < -0.39 is 16.6 Å². The smallest absolute Gasteiger partial charge is 0.221 e. The first-order valence-electron chi connectivity index (χ1n) is 6.12. The van der Waals surface area contributed by atoms with Gasteiger partial charge in [-0.05, 0) is 18.2 Å². The van der Waals surface area contributed by atoms with Crippen LogP contribution in [0.15, 0.2) is 35.9 Å². The number of halogens is 2. The van der Waals surface area contributed by atoms with E-state index in [9.17, 15) is 8.60 Å². The lowest BCUT2D eigenvalue weighted by atomic mass is 10.3. The van der Waals surface area contributed by atoms with Crippen LogP contribution in [0, 0.1) is 5.82 Å². The number of aromatic nitrogens is 6. The number of rotatable bonds is 4. The van der Waals surface area contributed by atoms with Gasteiger partial charge in [0.05, 0.1) is 34.3 Å². The predicted octanol–water partition coefficient (Wildman–Crippen LogP) is 1.44. The summed E-state index contributed by atoms with van der Waals surface area (Å²) in [4.78, 5) is 0. The summed E-state index contributed by atoms with van der Waals surface area (Å²) in [6, 6.07) is 4.27. The van der Waals surface area contributed by atoms with Gasteiger partial charge in [-0.2, -0.15) is 0 Å². The third-order valence-electron chi connectivity index (χ3n) is 2.88. The molecule has 0 fully saturated rings. The summed E-state index contributed by atoms with van der Waals surface area (Å²) in [6.45, 7) is 0.330. The van der Waals surface area contributed by atoms with Crippen LogP contribution in [0.2, 0.25) is 5.02 Å². The molecule has 1 atom stereocenters. The van der Waals surface area contributed by atoms with Gasteiger partial charge in [0.25, 0.3) is 0 Å². The highest BCUT2D eigenvalue weighted by molar-refractivity contribution is 7.84. The van der Waals surface area contributed by atoms with Crippen LogP contribution in [0.25, 0.3) is 5.69 Å². The molecule has 0 aliphatic carbocycles. The Morgan fingerprint density at radius 1 is 1.36 bits per heavy atom. The second-order valence-electron chi connectivity index (χ2n) is 4.45. The van der Waals surface area contributed by atoms with Crippen molar-refractivity contribution in [2.75, 3.05) is 6.26 Å². The first-order valence-corrected chi connectivity index (χ1v) is 8.06. The Kier molecular flexibility index (Phi) is 3.99. The second-order valence-corrected chi connectivity index (χ2v) is 6.13. The zero-order valence-electron chi connectivity index (χ0n) is 11.3. The Morgan fingerprint density at radius 3 is 2.91 bits per heavy atom. The van der Waals surface area contributed by atoms with Gasteiger partial charge in [-0.3, -0.25) is 4.21 Å². The highest BCUT2D eigenvalue weighted by Crippen LogP contribution is 2.18. The van der Waals surface area contributed by atoms with Gasteiger partial charge in [0.2, 0.25) is 5.16 Å². The first kappa shape index (κ1) is 14.8. The minimum atomic E-state index is -1.24. The predicted molar refractivity (Wildman–Crippen MR) is 77.8 cm³/mol. The van der Waals surface area contributed by atoms with Crippen molar-refractivity contribution in [3.8, 4) is 5.69 Å². The SMILES string of the molecule is CS(=O)c1nncn1Cc1cn(-c2ccc(F)c(Cl)c2)nn1. The average molecular weight is 341 g/mol. The Hall–Kier alpha value is -2.13. The lowest BCUT2D eigenvalue weighted by Gasteiger charge is -2.02. The zero-order valence-corrected chi connectivity index (χ0v) is 12.9. The molecule has 0 saturated carbocycles. The van der Waals surface area contributed by atoms with Crippen molar-refractivity contribution in [3.05, 3.63) is 47.3 Å². The summed E-state index contributed by atoms with van der Waals surface area (Å²) in [5.41, 5.74) is 1.21. The van der Waals surface area contributed by atoms with Gasteiger partial charge in [-0.15, -0.1) is 15.3 Å². The zero-order chi connectivity index (χ0) is 15.7. The molecular formula is C12H10ClFN6OS. The highest BCUT2D eigenvalue weighted by Gasteiger charge is 2.11. The normalized spacial score (nSPS) is 12.5. The molecule has 3 aromatic rings. The van der Waals surface area contributed by atoms with Gasteiger partial charge in [0, 0.05) is 6.26 Å². The maximum atomic E-state index is 13.2. The quantitative estimate of drug-likeness (QED) is 0.718. The standard InChI is InChI=1S/C12H10ClFN6OS/c1-22(21)12-17-15-7-19(12)5-8-6-20(18-16-8)9-2-3-11(14)10(13)4-9/h2-4,6-7H,5H2,1H3. The van der Waals surface area contributed by atoms with Crippen molar-refractivity contribution in [1.82, 2.24) is 29.8 Å². The van der Waals surface area contributed by atoms with E-state index >= 15 is 0 Å². The molecule has 114 valence electrons. The second kappa shape index (κ2) is 5.93. The Labute approximate surface area is 132 Å². The highest BCUT2D eigenvalue weighted by atomic mass is 35.5. The third kappa shape index (κ3) is 2.90. The van der Waals surface area contributed by atoms with Gasteiger partial charge >= 0.3 is 0 Å². The van der Waals surface area contributed by atoms with Gasteiger partial charge in [-0.25, -0.2) is 9.07 Å². The minimum absolute atomic E-state index is 0.0111. The van der Waals surface area contributed by atoms with Crippen LogP contribution < -0.4 is 0 Å². The molecule has 0 saturated heterocycles. The summed E-state index contributed by atoms with van der Waals surface area (Å²) < 4.78 is 27.8. The summed E-state index contributed by atoms with van der Waals surface area (Å²) >= 11 is 5.75. The average Bonchev–Trinajstić information content (AvgIpc) is 3.11. The molecule has 2 aromatic heterocycles. The minimum Gasteiger partial charge on any atom is -0.300 e. The molecule has 10 heteroatoms. The van der Waals surface area contributed by atoms with E-state index in [2.05, 4.69) is 20.5 Å². The van der Waals surface area contributed by atoms with E-state index in [1.54, 1.807) is 16.8 Å². The van der Waals surface area contributed by atoms with Crippen LogP contribution in [-0.4, -0.2) is 40.2 Å². The fraction of sp³-hybridized carbons (Fsp3) is 0.167. The van der Waals surface area contributed by atoms with Gasteiger partial charge in [-0.1, -0.05) is 16.8 Å². The summed E-state index contributed by atoms with van der Waals surface area (Å²) in [7, 11) is -1.24. The summed E-state index contributed by atoms with van der Waals surface area (Å²) in [5.74, 6) is -0.495. The van der Waals surface area contributed by atoms with Crippen LogP contribution in [0.4, 0.5) is 4.39 Å². The van der Waals surface area contributed by atoms with Crippen molar-refractivity contribution >= 4 is 22.4 Å². The van der Waals surface area contributed by atoms with Gasteiger partial charge in [0.15, 0.2) is 0 Å². The van der Waals surface area contributed by atoms with Crippen LogP contribution in [0.5, 0.6) is 0 Å². The maximum Gasteiger partial charge on any atom is 0.221 e. The molecule has 0 aliphatic heterocycles. The van der Waals surface area contributed by atoms with E-state index in [1.807, 2.05) is 0 Å². The number of benzene rings is 1. The number of hydrogen-bond acceptors (Lipinski definition) is 5. The third-order valence-corrected chi connectivity index (χ3v) is 4.00. The topological polar surface area (TPSA) is 78.5 Å². The number of nitrogens with zero attached hydrogens (tertiary/aromatic N) is 6. The van der Waals surface area contributed by atoms with Crippen molar-refractivity contribution < 1.29 is 8.60 Å². The van der Waals surface area contributed by atoms with E-state index in [0.717, 1.165) is 0 Å². The molecule has 0 N–H and O–H groups in total. The molecular weight excluding hydrogens is 331 g/mol. The summed E-state index contributed by atoms with van der Waals surface area (Å²) in [5, 5.41) is 15.9. The van der Waals surface area contributed by atoms with Crippen LogP contribution >= 0.6 is 11.6 Å². The van der Waals surface area contributed by atoms with Crippen molar-refractivity contribution in [3.63, 3.8) is 0 Å². The Bertz CT molecular complexity index is 848. The fourth-order valence-corrected chi connectivity index (χ4v) is 2.65. The molecule has 1 unspecified atom stereocenters. The maximum absolute atomic E-state index is 13.2.